The molecule has 0 spiro atoms. The Kier molecular flexibility index (Phi) is 5.41. The Morgan fingerprint density at radius 3 is 2.48 bits per heavy atom. The van der Waals surface area contributed by atoms with E-state index < -0.39 is 17.4 Å². The average molecular weight is 354 g/mol. The van der Waals surface area contributed by atoms with Crippen LogP contribution in [0.1, 0.15) is 16.6 Å². The van der Waals surface area contributed by atoms with E-state index in [4.69, 9.17) is 16.3 Å². The Morgan fingerprint density at radius 2 is 1.91 bits per heavy atom. The van der Waals surface area contributed by atoms with Gasteiger partial charge in [0.25, 0.3) is 5.91 Å². The highest BCUT2D eigenvalue weighted by Crippen LogP contribution is 2.29. The molecule has 0 saturated carbocycles. The molecule has 0 saturated heterocycles. The van der Waals surface area contributed by atoms with E-state index in [0.29, 0.717) is 9.90 Å². The minimum absolute atomic E-state index is 0.122. The number of methoxy groups -OCH3 is 1. The maximum absolute atomic E-state index is 12.3. The number of carboxylic acid groups (broad SMARTS) is 1. The molecule has 0 radical (unpaired) electrons. The number of hydrogen-bond acceptors (Lipinski definition) is 4. The predicted octanol–water partition coefficient (Wildman–Crippen LogP) is 3.29. The fourth-order valence-electron chi connectivity index (χ4n) is 1.98. The second kappa shape index (κ2) is 7.12. The van der Waals surface area contributed by atoms with Gasteiger partial charge in [0.05, 0.1) is 11.5 Å². The molecule has 0 aliphatic carbocycles. The summed E-state index contributed by atoms with van der Waals surface area (Å²) in [6, 6.07) is 10.8. The minimum atomic E-state index is -1.48. The van der Waals surface area contributed by atoms with E-state index in [1.807, 2.05) is 18.2 Å². The van der Waals surface area contributed by atoms with E-state index in [2.05, 4.69) is 5.32 Å². The van der Waals surface area contributed by atoms with Crippen LogP contribution < -0.4 is 5.32 Å². The Labute approximate surface area is 142 Å². The predicted molar refractivity (Wildman–Crippen MR) is 90.1 cm³/mol. The zero-order valence-electron chi connectivity index (χ0n) is 12.6. The van der Waals surface area contributed by atoms with Gasteiger partial charge < -0.3 is 15.2 Å². The lowest BCUT2D eigenvalue weighted by Crippen LogP contribution is -2.55. The van der Waals surface area contributed by atoms with Crippen LogP contribution >= 0.6 is 22.9 Å². The fraction of sp³-hybridized carbons (Fsp3) is 0.250. The summed E-state index contributed by atoms with van der Waals surface area (Å²) in [5.41, 5.74) is -0.535. The summed E-state index contributed by atoms with van der Waals surface area (Å²) in [4.78, 5) is 25.0. The molecular formula is C16H16ClNO4S. The number of aliphatic carboxylic acids is 1. The van der Waals surface area contributed by atoms with Crippen molar-refractivity contribution in [2.45, 2.75) is 12.5 Å². The van der Waals surface area contributed by atoms with Crippen molar-refractivity contribution < 1.29 is 19.4 Å². The molecule has 1 heterocycles. The van der Waals surface area contributed by atoms with Crippen LogP contribution in [0.2, 0.25) is 5.02 Å². The monoisotopic (exact) mass is 353 g/mol. The number of carbonyl (C=O) groups excluding carboxylic acids is 1. The van der Waals surface area contributed by atoms with E-state index in [1.54, 1.807) is 18.2 Å². The molecule has 23 heavy (non-hydrogen) atoms. The van der Waals surface area contributed by atoms with Gasteiger partial charge in [-0.15, -0.1) is 11.3 Å². The molecule has 2 rings (SSSR count). The maximum atomic E-state index is 12.3. The summed E-state index contributed by atoms with van der Waals surface area (Å²) in [7, 11) is 1.39. The average Bonchev–Trinajstić information content (AvgIpc) is 2.98. The van der Waals surface area contributed by atoms with Crippen molar-refractivity contribution >= 4 is 34.8 Å². The lowest BCUT2D eigenvalue weighted by atomic mass is 10.0. The van der Waals surface area contributed by atoms with Gasteiger partial charge in [-0.2, -0.15) is 0 Å². The summed E-state index contributed by atoms with van der Waals surface area (Å²) in [6.45, 7) is 1.29. The second-order valence-electron chi connectivity index (χ2n) is 5.20. The highest BCUT2D eigenvalue weighted by Gasteiger charge is 2.35. The van der Waals surface area contributed by atoms with Gasteiger partial charge in [0.1, 0.15) is 0 Å². The Morgan fingerprint density at radius 1 is 1.26 bits per heavy atom. The van der Waals surface area contributed by atoms with Crippen LogP contribution in [-0.4, -0.2) is 36.2 Å². The lowest BCUT2D eigenvalue weighted by molar-refractivity contribution is -0.145. The first kappa shape index (κ1) is 17.5. The number of rotatable bonds is 6. The standard InChI is InChI=1S/C16H16ClNO4S/c1-16(9-22-2,15(20)21)18-14(19)13-8-7-12(23-13)10-3-5-11(17)6-4-10/h3-8H,9H2,1-2H3,(H,18,19)(H,20,21). The third kappa shape index (κ3) is 4.10. The maximum Gasteiger partial charge on any atom is 0.331 e. The molecule has 122 valence electrons. The molecule has 0 aliphatic heterocycles. The number of ether oxygens (including phenoxy) is 1. The van der Waals surface area contributed by atoms with Crippen LogP contribution in [0.4, 0.5) is 0 Å². The lowest BCUT2D eigenvalue weighted by Gasteiger charge is -2.24. The summed E-state index contributed by atoms with van der Waals surface area (Å²) >= 11 is 7.14. The van der Waals surface area contributed by atoms with Gasteiger partial charge in [-0.1, -0.05) is 23.7 Å². The van der Waals surface area contributed by atoms with Gasteiger partial charge in [0.15, 0.2) is 5.54 Å². The number of amides is 1. The third-order valence-corrected chi connectivity index (χ3v) is 4.64. The van der Waals surface area contributed by atoms with Gasteiger partial charge in [-0.05, 0) is 36.8 Å². The van der Waals surface area contributed by atoms with Crippen molar-refractivity contribution in [1.82, 2.24) is 5.32 Å². The van der Waals surface area contributed by atoms with Crippen LogP contribution in [0.15, 0.2) is 36.4 Å². The van der Waals surface area contributed by atoms with E-state index >= 15 is 0 Å². The fourth-order valence-corrected chi connectivity index (χ4v) is 3.01. The zero-order chi connectivity index (χ0) is 17.0. The summed E-state index contributed by atoms with van der Waals surface area (Å²) in [6.07, 6.45) is 0. The number of benzene rings is 1. The minimum Gasteiger partial charge on any atom is -0.479 e. The molecule has 5 nitrogen and oxygen atoms in total. The summed E-state index contributed by atoms with van der Waals surface area (Å²) in [5, 5.41) is 12.4. The van der Waals surface area contributed by atoms with E-state index in [9.17, 15) is 14.7 Å². The van der Waals surface area contributed by atoms with Crippen LogP contribution in [0.5, 0.6) is 0 Å². The molecule has 1 aromatic heterocycles. The van der Waals surface area contributed by atoms with Crippen molar-refractivity contribution in [1.29, 1.82) is 0 Å². The first-order valence-electron chi connectivity index (χ1n) is 6.76. The molecule has 1 amide bonds. The van der Waals surface area contributed by atoms with Crippen molar-refractivity contribution in [3.63, 3.8) is 0 Å². The Hall–Kier alpha value is -1.89. The van der Waals surface area contributed by atoms with E-state index in [1.165, 1.54) is 25.4 Å². The number of thiophene rings is 1. The van der Waals surface area contributed by atoms with Crippen molar-refractivity contribution in [3.05, 3.63) is 46.3 Å². The SMILES string of the molecule is COCC(C)(NC(=O)c1ccc(-c2ccc(Cl)cc2)s1)C(=O)O. The van der Waals surface area contributed by atoms with Crippen molar-refractivity contribution in [2.24, 2.45) is 0 Å². The normalized spacial score (nSPS) is 13.3. The van der Waals surface area contributed by atoms with Crippen LogP contribution in [0, 0.1) is 0 Å². The van der Waals surface area contributed by atoms with E-state index in [-0.39, 0.29) is 6.61 Å². The summed E-state index contributed by atoms with van der Waals surface area (Å²) in [5.74, 6) is -1.60. The van der Waals surface area contributed by atoms with Crippen LogP contribution in [0.3, 0.4) is 0 Å². The van der Waals surface area contributed by atoms with Crippen LogP contribution in [0.25, 0.3) is 10.4 Å². The Balaban J connectivity index is 2.18. The molecule has 0 fully saturated rings. The zero-order valence-corrected chi connectivity index (χ0v) is 14.2. The number of halogens is 1. The second-order valence-corrected chi connectivity index (χ2v) is 6.72. The third-order valence-electron chi connectivity index (χ3n) is 3.25. The largest absolute Gasteiger partial charge is 0.479 e. The molecule has 1 aromatic carbocycles. The van der Waals surface area contributed by atoms with Crippen LogP contribution in [-0.2, 0) is 9.53 Å². The number of nitrogens with one attached hydrogen (secondary N) is 1. The van der Waals surface area contributed by atoms with Gasteiger partial charge >= 0.3 is 5.97 Å². The molecule has 1 unspecified atom stereocenters. The summed E-state index contributed by atoms with van der Waals surface area (Å²) < 4.78 is 4.89. The highest BCUT2D eigenvalue weighted by molar-refractivity contribution is 7.17. The topological polar surface area (TPSA) is 75.6 Å². The van der Waals surface area contributed by atoms with E-state index in [0.717, 1.165) is 10.4 Å². The molecule has 0 bridgehead atoms. The van der Waals surface area contributed by atoms with Gasteiger partial charge in [-0.25, -0.2) is 4.79 Å². The first-order chi connectivity index (χ1) is 10.9. The number of carbonyl (C=O) groups is 2. The smallest absolute Gasteiger partial charge is 0.331 e. The van der Waals surface area contributed by atoms with Gasteiger partial charge in [0.2, 0.25) is 0 Å². The number of hydrogen-bond donors (Lipinski definition) is 2. The molecule has 0 aliphatic rings. The molecular weight excluding hydrogens is 338 g/mol. The molecule has 1 atom stereocenters. The first-order valence-corrected chi connectivity index (χ1v) is 7.96. The quantitative estimate of drug-likeness (QED) is 0.835. The highest BCUT2D eigenvalue weighted by atomic mass is 35.5. The van der Waals surface area contributed by atoms with Gasteiger partial charge in [0, 0.05) is 17.0 Å². The van der Waals surface area contributed by atoms with Crippen molar-refractivity contribution in [3.8, 4) is 10.4 Å². The van der Waals surface area contributed by atoms with Crippen molar-refractivity contribution in [2.75, 3.05) is 13.7 Å². The number of carboxylic acids is 1. The molecule has 2 N–H and O–H groups in total. The molecule has 7 heteroatoms. The Bertz CT molecular complexity index is 713. The van der Waals surface area contributed by atoms with Gasteiger partial charge in [-0.3, -0.25) is 4.79 Å². The molecule has 2 aromatic rings.